The van der Waals surface area contributed by atoms with Gasteiger partial charge in [0.15, 0.2) is 0 Å². The predicted octanol–water partition coefficient (Wildman–Crippen LogP) is -0.221. The van der Waals surface area contributed by atoms with Crippen LogP contribution in [0.2, 0.25) is 0 Å². The van der Waals surface area contributed by atoms with Gasteiger partial charge in [0.1, 0.15) is 5.69 Å². The van der Waals surface area contributed by atoms with Gasteiger partial charge in [-0.15, -0.1) is 0 Å². The van der Waals surface area contributed by atoms with Crippen LogP contribution in [-0.4, -0.2) is 14.7 Å². The van der Waals surface area contributed by atoms with Gasteiger partial charge in [0.2, 0.25) is 0 Å². The first-order chi connectivity index (χ1) is 9.51. The van der Waals surface area contributed by atoms with Crippen molar-refractivity contribution in [1.82, 2.24) is 9.78 Å². The maximum absolute atomic E-state index is 11.5. The van der Waals surface area contributed by atoms with E-state index in [2.05, 4.69) is 10.5 Å². The quantitative estimate of drug-likeness (QED) is 0.401. The zero-order chi connectivity index (χ0) is 14.7. The van der Waals surface area contributed by atoms with Gasteiger partial charge in [-0.05, 0) is 11.6 Å². The van der Waals surface area contributed by atoms with Crippen LogP contribution in [0.1, 0.15) is 5.56 Å². The zero-order valence-electron chi connectivity index (χ0n) is 10.2. The Bertz CT molecular complexity index is 764. The lowest BCUT2D eigenvalue weighted by Crippen LogP contribution is -2.28. The molecular formula is C11H11N5O4. The Morgan fingerprint density at radius 1 is 1.30 bits per heavy atom. The van der Waals surface area contributed by atoms with Gasteiger partial charge in [-0.25, -0.2) is 4.68 Å². The Balaban J connectivity index is 2.42. The molecule has 104 valence electrons. The lowest BCUT2D eigenvalue weighted by Gasteiger charge is -2.07. The van der Waals surface area contributed by atoms with Crippen LogP contribution in [-0.2, 0) is 6.54 Å². The molecule has 0 radical (unpaired) electrons. The van der Waals surface area contributed by atoms with Crippen LogP contribution in [0.25, 0.3) is 0 Å². The molecule has 0 unspecified atom stereocenters. The fourth-order valence-electron chi connectivity index (χ4n) is 1.71. The molecule has 0 aliphatic rings. The fraction of sp³-hybridized carbons (Fsp3) is 0.0909. The molecule has 20 heavy (non-hydrogen) atoms. The van der Waals surface area contributed by atoms with Gasteiger partial charge < -0.3 is 5.43 Å². The average molecular weight is 277 g/mol. The minimum atomic E-state index is -0.588. The van der Waals surface area contributed by atoms with Crippen LogP contribution >= 0.6 is 0 Å². The zero-order valence-corrected chi connectivity index (χ0v) is 10.2. The van der Waals surface area contributed by atoms with Crippen LogP contribution in [0.3, 0.4) is 0 Å². The molecule has 0 saturated heterocycles. The molecule has 1 aromatic heterocycles. The summed E-state index contributed by atoms with van der Waals surface area (Å²) in [7, 11) is 0. The SMILES string of the molecule is NNc1ccc(Cn2[nH]c(=O)ccc2=O)cc1[N+](=O)[O-]. The van der Waals surface area contributed by atoms with Gasteiger partial charge in [0.05, 0.1) is 11.5 Å². The van der Waals surface area contributed by atoms with Crippen molar-refractivity contribution in [2.75, 3.05) is 5.43 Å². The van der Waals surface area contributed by atoms with Gasteiger partial charge in [0.25, 0.3) is 16.8 Å². The molecule has 2 aromatic rings. The van der Waals surface area contributed by atoms with E-state index in [0.717, 1.165) is 16.8 Å². The number of aromatic nitrogens is 2. The molecule has 0 amide bonds. The number of nitrogens with zero attached hydrogens (tertiary/aromatic N) is 2. The lowest BCUT2D eigenvalue weighted by atomic mass is 10.1. The summed E-state index contributed by atoms with van der Waals surface area (Å²) in [6.45, 7) is 0.0145. The predicted molar refractivity (Wildman–Crippen MR) is 71.3 cm³/mol. The van der Waals surface area contributed by atoms with Crippen molar-refractivity contribution in [2.24, 2.45) is 5.84 Å². The minimum absolute atomic E-state index is 0.0145. The molecule has 0 spiro atoms. The number of nitrogens with two attached hydrogens (primary N) is 1. The summed E-state index contributed by atoms with van der Waals surface area (Å²) in [5, 5.41) is 13.2. The van der Waals surface area contributed by atoms with Gasteiger partial charge in [-0.3, -0.25) is 30.6 Å². The molecule has 0 fully saturated rings. The van der Waals surface area contributed by atoms with Crippen LogP contribution in [0.5, 0.6) is 0 Å². The maximum atomic E-state index is 11.5. The molecule has 0 atom stereocenters. The molecule has 4 N–H and O–H groups in total. The third kappa shape index (κ3) is 2.72. The number of benzene rings is 1. The second-order valence-corrected chi connectivity index (χ2v) is 3.99. The summed E-state index contributed by atoms with van der Waals surface area (Å²) < 4.78 is 1.07. The molecule has 1 aromatic carbocycles. The van der Waals surface area contributed by atoms with Crippen LogP contribution < -0.4 is 22.4 Å². The molecular weight excluding hydrogens is 266 g/mol. The van der Waals surface area contributed by atoms with E-state index in [1.54, 1.807) is 6.07 Å². The third-order valence-corrected chi connectivity index (χ3v) is 2.64. The number of hydrogen-bond acceptors (Lipinski definition) is 6. The van der Waals surface area contributed by atoms with Gasteiger partial charge in [-0.1, -0.05) is 6.07 Å². The largest absolute Gasteiger partial charge is 0.318 e. The average Bonchev–Trinajstić information content (AvgIpc) is 2.42. The van der Waals surface area contributed by atoms with Crippen molar-refractivity contribution < 1.29 is 4.92 Å². The van der Waals surface area contributed by atoms with Crippen molar-refractivity contribution in [3.8, 4) is 0 Å². The number of hydrogen-bond donors (Lipinski definition) is 3. The lowest BCUT2D eigenvalue weighted by molar-refractivity contribution is -0.384. The van der Waals surface area contributed by atoms with E-state index in [4.69, 9.17) is 5.84 Å². The molecule has 0 aliphatic heterocycles. The summed E-state index contributed by atoms with van der Waals surface area (Å²) in [5.41, 5.74) is 1.81. The highest BCUT2D eigenvalue weighted by atomic mass is 16.6. The monoisotopic (exact) mass is 277 g/mol. The van der Waals surface area contributed by atoms with Crippen LogP contribution in [0.4, 0.5) is 11.4 Å². The van der Waals surface area contributed by atoms with Gasteiger partial charge >= 0.3 is 0 Å². The molecule has 0 aliphatic carbocycles. The summed E-state index contributed by atoms with van der Waals surface area (Å²) in [6, 6.07) is 6.53. The number of aromatic amines is 1. The van der Waals surface area contributed by atoms with E-state index in [9.17, 15) is 19.7 Å². The van der Waals surface area contributed by atoms with Crippen LogP contribution in [0.15, 0.2) is 39.9 Å². The number of H-pyrrole nitrogens is 1. The number of nitro benzene ring substituents is 1. The molecule has 2 rings (SSSR count). The van der Waals surface area contributed by atoms with E-state index in [0.29, 0.717) is 5.56 Å². The summed E-state index contributed by atoms with van der Waals surface area (Å²) in [5.74, 6) is 5.18. The second-order valence-electron chi connectivity index (χ2n) is 3.99. The number of nitrogen functional groups attached to an aromatic ring is 1. The molecule has 0 bridgehead atoms. The van der Waals surface area contributed by atoms with E-state index in [-0.39, 0.29) is 17.9 Å². The van der Waals surface area contributed by atoms with Crippen molar-refractivity contribution in [3.63, 3.8) is 0 Å². The topological polar surface area (TPSA) is 136 Å². The van der Waals surface area contributed by atoms with E-state index in [1.165, 1.54) is 12.1 Å². The number of anilines is 1. The highest BCUT2D eigenvalue weighted by Gasteiger charge is 2.14. The Morgan fingerprint density at radius 3 is 2.70 bits per heavy atom. The number of hydrazine groups is 1. The summed E-state index contributed by atoms with van der Waals surface area (Å²) in [4.78, 5) is 33.0. The van der Waals surface area contributed by atoms with E-state index in [1.807, 2.05) is 0 Å². The number of nitro groups is 1. The van der Waals surface area contributed by atoms with Gasteiger partial charge in [-0.2, -0.15) is 0 Å². The Morgan fingerprint density at radius 2 is 2.05 bits per heavy atom. The van der Waals surface area contributed by atoms with E-state index >= 15 is 0 Å². The smallest absolute Gasteiger partial charge is 0.293 e. The highest BCUT2D eigenvalue weighted by Crippen LogP contribution is 2.24. The molecule has 1 heterocycles. The first-order valence-corrected chi connectivity index (χ1v) is 5.55. The Hall–Kier alpha value is -2.94. The van der Waals surface area contributed by atoms with E-state index < -0.39 is 16.0 Å². The van der Waals surface area contributed by atoms with Crippen molar-refractivity contribution in [1.29, 1.82) is 0 Å². The highest BCUT2D eigenvalue weighted by molar-refractivity contribution is 5.61. The fourth-order valence-corrected chi connectivity index (χ4v) is 1.71. The first kappa shape index (κ1) is 13.5. The summed E-state index contributed by atoms with van der Waals surface area (Å²) in [6.07, 6.45) is 0. The van der Waals surface area contributed by atoms with Crippen molar-refractivity contribution >= 4 is 11.4 Å². The first-order valence-electron chi connectivity index (χ1n) is 5.55. The summed E-state index contributed by atoms with van der Waals surface area (Å²) >= 11 is 0. The molecule has 9 nitrogen and oxygen atoms in total. The Labute approximate surface area is 111 Å². The third-order valence-electron chi connectivity index (χ3n) is 2.64. The Kier molecular flexibility index (Phi) is 3.62. The van der Waals surface area contributed by atoms with Crippen LogP contribution in [0, 0.1) is 10.1 Å². The normalized spacial score (nSPS) is 10.2. The minimum Gasteiger partial charge on any atom is -0.318 e. The standard InChI is InChI=1S/C11H11N5O4/c12-13-8-2-1-7(5-9(8)16(19)20)6-15-11(18)4-3-10(17)14-15/h1-5,13H,6,12H2,(H,14,17). The second kappa shape index (κ2) is 5.36. The van der Waals surface area contributed by atoms with Crippen molar-refractivity contribution in [2.45, 2.75) is 6.54 Å². The molecule has 0 saturated carbocycles. The maximum Gasteiger partial charge on any atom is 0.293 e. The number of nitrogens with one attached hydrogen (secondary N) is 2. The number of rotatable bonds is 4. The molecule has 9 heteroatoms. The van der Waals surface area contributed by atoms with Crippen molar-refractivity contribution in [3.05, 3.63) is 66.7 Å². The van der Waals surface area contributed by atoms with Gasteiger partial charge in [0, 0.05) is 18.2 Å².